The molecule has 0 unspecified atom stereocenters. The predicted octanol–water partition coefficient (Wildman–Crippen LogP) is 1.24. The number of rotatable bonds is 6. The molecule has 1 fully saturated rings. The molecule has 1 aliphatic rings. The number of ether oxygens (including phenoxy) is 2. The SMILES string of the molecule is CCOc1ccc(OCC(=O)N2CCN(C(=O)c3cnccn3)CC2)cc1. The molecular weight excluding hydrogens is 348 g/mol. The van der Waals surface area contributed by atoms with E-state index >= 15 is 0 Å². The van der Waals surface area contributed by atoms with Crippen LogP contribution in [0.2, 0.25) is 0 Å². The Bertz CT molecular complexity index is 759. The maximum atomic E-state index is 12.3. The summed E-state index contributed by atoms with van der Waals surface area (Å²) >= 11 is 0. The molecule has 8 heteroatoms. The molecule has 1 aromatic heterocycles. The van der Waals surface area contributed by atoms with Gasteiger partial charge < -0.3 is 19.3 Å². The highest BCUT2D eigenvalue weighted by atomic mass is 16.5. The standard InChI is InChI=1S/C19H22N4O4/c1-2-26-15-3-5-16(6-4-15)27-14-18(24)22-9-11-23(12-10-22)19(25)17-13-20-7-8-21-17/h3-8,13H,2,9-12,14H2,1H3. The number of hydrogen-bond acceptors (Lipinski definition) is 6. The highest BCUT2D eigenvalue weighted by Crippen LogP contribution is 2.17. The first-order valence-electron chi connectivity index (χ1n) is 8.86. The lowest BCUT2D eigenvalue weighted by Gasteiger charge is -2.34. The van der Waals surface area contributed by atoms with Crippen LogP contribution >= 0.6 is 0 Å². The van der Waals surface area contributed by atoms with Crippen LogP contribution in [-0.2, 0) is 4.79 Å². The third-order valence-electron chi connectivity index (χ3n) is 4.20. The third kappa shape index (κ3) is 4.93. The minimum absolute atomic E-state index is 0.0356. The zero-order chi connectivity index (χ0) is 19.1. The molecule has 2 amide bonds. The van der Waals surface area contributed by atoms with Crippen LogP contribution in [0.3, 0.4) is 0 Å². The molecule has 3 rings (SSSR count). The summed E-state index contributed by atoms with van der Waals surface area (Å²) in [5.74, 6) is 1.11. The van der Waals surface area contributed by atoms with E-state index in [0.717, 1.165) is 5.75 Å². The second-order valence-corrected chi connectivity index (χ2v) is 5.96. The van der Waals surface area contributed by atoms with E-state index in [1.54, 1.807) is 34.1 Å². The maximum Gasteiger partial charge on any atom is 0.274 e. The normalized spacial score (nSPS) is 14.0. The monoisotopic (exact) mass is 370 g/mol. The number of aromatic nitrogens is 2. The number of nitrogens with zero attached hydrogens (tertiary/aromatic N) is 4. The molecular formula is C19H22N4O4. The van der Waals surface area contributed by atoms with Gasteiger partial charge in [-0.05, 0) is 31.2 Å². The highest BCUT2D eigenvalue weighted by molar-refractivity contribution is 5.92. The van der Waals surface area contributed by atoms with E-state index in [0.29, 0.717) is 44.2 Å². The van der Waals surface area contributed by atoms with E-state index in [1.165, 1.54) is 18.6 Å². The van der Waals surface area contributed by atoms with Crippen LogP contribution in [0.4, 0.5) is 0 Å². The largest absolute Gasteiger partial charge is 0.494 e. The van der Waals surface area contributed by atoms with E-state index in [2.05, 4.69) is 9.97 Å². The summed E-state index contributed by atoms with van der Waals surface area (Å²) in [7, 11) is 0. The molecule has 0 atom stereocenters. The number of amides is 2. The van der Waals surface area contributed by atoms with Gasteiger partial charge in [0.05, 0.1) is 12.8 Å². The zero-order valence-corrected chi connectivity index (χ0v) is 15.2. The molecule has 0 N–H and O–H groups in total. The molecule has 2 aromatic rings. The van der Waals surface area contributed by atoms with Gasteiger partial charge in [-0.15, -0.1) is 0 Å². The fourth-order valence-electron chi connectivity index (χ4n) is 2.77. The fraction of sp³-hybridized carbons (Fsp3) is 0.368. The van der Waals surface area contributed by atoms with Crippen molar-refractivity contribution in [3.05, 3.63) is 48.5 Å². The van der Waals surface area contributed by atoms with Crippen molar-refractivity contribution in [3.8, 4) is 11.5 Å². The molecule has 1 saturated heterocycles. The third-order valence-corrected chi connectivity index (χ3v) is 4.20. The molecule has 27 heavy (non-hydrogen) atoms. The first-order valence-corrected chi connectivity index (χ1v) is 8.86. The van der Waals surface area contributed by atoms with Crippen LogP contribution in [0, 0.1) is 0 Å². The summed E-state index contributed by atoms with van der Waals surface area (Å²) in [5, 5.41) is 0. The van der Waals surface area contributed by atoms with Crippen molar-refractivity contribution < 1.29 is 19.1 Å². The number of carbonyl (C=O) groups is 2. The minimum Gasteiger partial charge on any atom is -0.494 e. The van der Waals surface area contributed by atoms with Gasteiger partial charge in [0.1, 0.15) is 17.2 Å². The Kier molecular flexibility index (Phi) is 6.19. The van der Waals surface area contributed by atoms with Crippen LogP contribution < -0.4 is 9.47 Å². The van der Waals surface area contributed by atoms with E-state index in [9.17, 15) is 9.59 Å². The molecule has 0 aliphatic carbocycles. The molecule has 8 nitrogen and oxygen atoms in total. The molecule has 0 radical (unpaired) electrons. The smallest absolute Gasteiger partial charge is 0.274 e. The average Bonchev–Trinajstić information content (AvgIpc) is 2.73. The Morgan fingerprint density at radius 2 is 1.59 bits per heavy atom. The molecule has 0 saturated carbocycles. The molecule has 2 heterocycles. The number of piperazine rings is 1. The Labute approximate surface area is 157 Å². The fourth-order valence-corrected chi connectivity index (χ4v) is 2.77. The average molecular weight is 370 g/mol. The summed E-state index contributed by atoms with van der Waals surface area (Å²) in [6.45, 7) is 4.35. The van der Waals surface area contributed by atoms with Gasteiger partial charge in [-0.25, -0.2) is 4.98 Å². The minimum atomic E-state index is -0.166. The second kappa shape index (κ2) is 8.98. The van der Waals surface area contributed by atoms with Gasteiger partial charge in [-0.2, -0.15) is 0 Å². The molecule has 142 valence electrons. The van der Waals surface area contributed by atoms with Crippen molar-refractivity contribution >= 4 is 11.8 Å². The van der Waals surface area contributed by atoms with E-state index in [1.807, 2.05) is 6.92 Å². The lowest BCUT2D eigenvalue weighted by Crippen LogP contribution is -2.51. The van der Waals surface area contributed by atoms with Gasteiger partial charge in [0, 0.05) is 38.6 Å². The van der Waals surface area contributed by atoms with Gasteiger partial charge in [0.15, 0.2) is 6.61 Å². The predicted molar refractivity (Wildman–Crippen MR) is 97.6 cm³/mol. The van der Waals surface area contributed by atoms with Gasteiger partial charge in [0.2, 0.25) is 0 Å². The number of carbonyl (C=O) groups excluding carboxylic acids is 2. The van der Waals surface area contributed by atoms with Crippen molar-refractivity contribution in [1.29, 1.82) is 0 Å². The molecule has 1 aliphatic heterocycles. The Morgan fingerprint density at radius 1 is 0.963 bits per heavy atom. The number of hydrogen-bond donors (Lipinski definition) is 0. The van der Waals surface area contributed by atoms with Gasteiger partial charge in [-0.3, -0.25) is 14.6 Å². The van der Waals surface area contributed by atoms with Gasteiger partial charge >= 0.3 is 0 Å². The van der Waals surface area contributed by atoms with Crippen LogP contribution in [0.1, 0.15) is 17.4 Å². The van der Waals surface area contributed by atoms with Crippen molar-refractivity contribution in [2.24, 2.45) is 0 Å². The van der Waals surface area contributed by atoms with Crippen LogP contribution in [0.5, 0.6) is 11.5 Å². The molecule has 0 spiro atoms. The summed E-state index contributed by atoms with van der Waals surface area (Å²) in [6, 6.07) is 7.16. The first kappa shape index (κ1) is 18.6. The van der Waals surface area contributed by atoms with Crippen LogP contribution in [0.25, 0.3) is 0 Å². The summed E-state index contributed by atoms with van der Waals surface area (Å²) in [6.07, 6.45) is 4.47. The van der Waals surface area contributed by atoms with Crippen LogP contribution in [-0.4, -0.2) is 71.0 Å². The zero-order valence-electron chi connectivity index (χ0n) is 15.2. The van der Waals surface area contributed by atoms with Gasteiger partial charge in [0.25, 0.3) is 11.8 Å². The molecule has 1 aromatic carbocycles. The summed E-state index contributed by atoms with van der Waals surface area (Å²) in [5.41, 5.74) is 0.316. The van der Waals surface area contributed by atoms with E-state index in [-0.39, 0.29) is 18.4 Å². The maximum absolute atomic E-state index is 12.3. The van der Waals surface area contributed by atoms with Crippen LogP contribution in [0.15, 0.2) is 42.9 Å². The van der Waals surface area contributed by atoms with E-state index < -0.39 is 0 Å². The lowest BCUT2D eigenvalue weighted by molar-refractivity contribution is -0.134. The van der Waals surface area contributed by atoms with Crippen molar-refractivity contribution in [2.75, 3.05) is 39.4 Å². The summed E-state index contributed by atoms with van der Waals surface area (Å²) < 4.78 is 10.9. The quantitative estimate of drug-likeness (QED) is 0.761. The highest BCUT2D eigenvalue weighted by Gasteiger charge is 2.25. The van der Waals surface area contributed by atoms with Crippen molar-refractivity contribution in [3.63, 3.8) is 0 Å². The lowest BCUT2D eigenvalue weighted by atomic mass is 10.2. The Balaban J connectivity index is 1.45. The topological polar surface area (TPSA) is 84.9 Å². The Morgan fingerprint density at radius 3 is 2.19 bits per heavy atom. The Hall–Kier alpha value is -3.16. The molecule has 0 bridgehead atoms. The van der Waals surface area contributed by atoms with E-state index in [4.69, 9.17) is 9.47 Å². The van der Waals surface area contributed by atoms with Crippen molar-refractivity contribution in [1.82, 2.24) is 19.8 Å². The first-order chi connectivity index (χ1) is 13.2. The van der Waals surface area contributed by atoms with Crippen molar-refractivity contribution in [2.45, 2.75) is 6.92 Å². The summed E-state index contributed by atoms with van der Waals surface area (Å²) in [4.78, 5) is 36.0. The van der Waals surface area contributed by atoms with Gasteiger partial charge in [-0.1, -0.05) is 0 Å². The number of benzene rings is 1. The second-order valence-electron chi connectivity index (χ2n) is 5.96.